The van der Waals surface area contributed by atoms with Crippen LogP contribution in [0.25, 0.3) is 0 Å². The Hall–Kier alpha value is -0.270. The molecule has 3 nitrogen and oxygen atoms in total. The fourth-order valence-electron chi connectivity index (χ4n) is 1.34. The van der Waals surface area contributed by atoms with Crippen molar-refractivity contribution >= 4 is 57.5 Å². The summed E-state index contributed by atoms with van der Waals surface area (Å²) >= 11 is 9.43. The Morgan fingerprint density at radius 1 is 1.53 bits per heavy atom. The second-order valence-electron chi connectivity index (χ2n) is 4.07. The molecule has 0 spiro atoms. The Morgan fingerprint density at radius 3 is 2.84 bits per heavy atom. The van der Waals surface area contributed by atoms with Crippen LogP contribution < -0.4 is 11.1 Å². The lowest BCUT2D eigenvalue weighted by atomic mass is 10.1. The van der Waals surface area contributed by atoms with Gasteiger partial charge in [0, 0.05) is 16.0 Å². The Balaban J connectivity index is 0.00000324. The van der Waals surface area contributed by atoms with Crippen molar-refractivity contribution in [1.82, 2.24) is 5.32 Å². The van der Waals surface area contributed by atoms with Crippen molar-refractivity contribution in [2.24, 2.45) is 10.7 Å². The zero-order chi connectivity index (χ0) is 13.5. The van der Waals surface area contributed by atoms with E-state index in [2.05, 4.69) is 32.8 Å². The Morgan fingerprint density at radius 2 is 2.21 bits per heavy atom. The lowest BCUT2D eigenvalue weighted by Gasteiger charge is -2.07. The molecule has 3 N–H and O–H groups in total. The highest BCUT2D eigenvalue weighted by molar-refractivity contribution is 14.0. The quantitative estimate of drug-likeness (QED) is 0.306. The predicted molar refractivity (Wildman–Crippen MR) is 97.6 cm³/mol. The Bertz CT molecular complexity index is 463. The first kappa shape index (κ1) is 18.7. The van der Waals surface area contributed by atoms with Crippen LogP contribution >= 0.6 is 51.5 Å². The summed E-state index contributed by atoms with van der Waals surface area (Å²) in [4.78, 5) is 4.14. The molecule has 1 rings (SSSR count). The van der Waals surface area contributed by atoms with E-state index in [0.717, 1.165) is 27.1 Å². The third kappa shape index (κ3) is 7.79. The molecule has 0 amide bonds. The number of rotatable bonds is 5. The molecule has 19 heavy (non-hydrogen) atoms. The molecule has 0 aliphatic carbocycles. The van der Waals surface area contributed by atoms with Crippen molar-refractivity contribution in [1.29, 1.82) is 0 Å². The highest BCUT2D eigenvalue weighted by Gasteiger charge is 2.01. The van der Waals surface area contributed by atoms with Gasteiger partial charge in [0.25, 0.3) is 0 Å². The van der Waals surface area contributed by atoms with Crippen molar-refractivity contribution < 1.29 is 0 Å². The van der Waals surface area contributed by atoms with Crippen molar-refractivity contribution in [3.63, 3.8) is 0 Å². The van der Waals surface area contributed by atoms with Crippen LogP contribution in [-0.4, -0.2) is 19.0 Å². The molecule has 0 heterocycles. The summed E-state index contributed by atoms with van der Waals surface area (Å²) in [6.45, 7) is 6.95. The zero-order valence-corrected chi connectivity index (χ0v) is 15.4. The molecule has 1 aromatic carbocycles. The average molecular weight is 459 g/mol. The van der Waals surface area contributed by atoms with Gasteiger partial charge in [-0.3, -0.25) is 0 Å². The molecule has 6 heteroatoms. The van der Waals surface area contributed by atoms with E-state index in [0.29, 0.717) is 19.0 Å². The lowest BCUT2D eigenvalue weighted by Crippen LogP contribution is -2.33. The van der Waals surface area contributed by atoms with Crippen molar-refractivity contribution in [3.05, 3.63) is 45.4 Å². The molecule has 1 aromatic rings. The van der Waals surface area contributed by atoms with Crippen LogP contribution in [0.1, 0.15) is 12.5 Å². The molecule has 0 aromatic heterocycles. The Kier molecular flexibility index (Phi) is 9.47. The van der Waals surface area contributed by atoms with Crippen molar-refractivity contribution in [2.75, 3.05) is 13.1 Å². The average Bonchev–Trinajstić information content (AvgIpc) is 2.31. The van der Waals surface area contributed by atoms with Gasteiger partial charge in [-0.05, 0) is 37.1 Å². The standard InChI is InChI=1S/C13H17BrClN3.HI/c1-9(2)8-18-13(16)17-6-5-10-7-11(15)3-4-12(10)14;/h3-4,7H,1,5-6,8H2,2H3,(H3,16,17,18);1H. The number of halogens is 3. The molecule has 0 aliphatic heterocycles. The predicted octanol–water partition coefficient (Wildman–Crippen LogP) is 3.74. The van der Waals surface area contributed by atoms with Gasteiger partial charge in [-0.15, -0.1) is 24.0 Å². The summed E-state index contributed by atoms with van der Waals surface area (Å²) in [5, 5.41) is 3.79. The van der Waals surface area contributed by atoms with Gasteiger partial charge in [0.05, 0.1) is 6.54 Å². The summed E-state index contributed by atoms with van der Waals surface area (Å²) in [5.74, 6) is 0.441. The topological polar surface area (TPSA) is 50.4 Å². The molecule has 106 valence electrons. The highest BCUT2D eigenvalue weighted by Crippen LogP contribution is 2.21. The summed E-state index contributed by atoms with van der Waals surface area (Å²) in [7, 11) is 0. The number of hydrogen-bond acceptors (Lipinski definition) is 1. The second kappa shape index (κ2) is 9.61. The SMILES string of the molecule is C=C(C)CN=C(N)NCCc1cc(Cl)ccc1Br.I. The first-order valence-corrected chi connectivity index (χ1v) is 6.78. The molecule has 0 radical (unpaired) electrons. The van der Waals surface area contributed by atoms with Gasteiger partial charge in [0.15, 0.2) is 5.96 Å². The van der Waals surface area contributed by atoms with Crippen LogP contribution in [0.4, 0.5) is 0 Å². The van der Waals surface area contributed by atoms with Gasteiger partial charge in [-0.1, -0.05) is 39.7 Å². The largest absolute Gasteiger partial charge is 0.370 e. The molecule has 0 unspecified atom stereocenters. The summed E-state index contributed by atoms with van der Waals surface area (Å²) in [6, 6.07) is 5.73. The van der Waals surface area contributed by atoms with Gasteiger partial charge >= 0.3 is 0 Å². The van der Waals surface area contributed by atoms with Crippen LogP contribution in [-0.2, 0) is 6.42 Å². The molecule has 0 fully saturated rings. The maximum Gasteiger partial charge on any atom is 0.188 e. The monoisotopic (exact) mass is 457 g/mol. The number of nitrogens with zero attached hydrogens (tertiary/aromatic N) is 1. The fourth-order valence-corrected chi connectivity index (χ4v) is 1.98. The van der Waals surface area contributed by atoms with Gasteiger partial charge < -0.3 is 11.1 Å². The minimum atomic E-state index is 0. The number of benzene rings is 1. The van der Waals surface area contributed by atoms with Gasteiger partial charge in [0.2, 0.25) is 0 Å². The van der Waals surface area contributed by atoms with E-state index < -0.39 is 0 Å². The first-order chi connectivity index (χ1) is 8.49. The minimum Gasteiger partial charge on any atom is -0.370 e. The second-order valence-corrected chi connectivity index (χ2v) is 5.36. The first-order valence-electron chi connectivity index (χ1n) is 5.61. The molecular weight excluding hydrogens is 440 g/mol. The summed E-state index contributed by atoms with van der Waals surface area (Å²) in [6.07, 6.45) is 0.824. The third-order valence-electron chi connectivity index (χ3n) is 2.23. The number of guanidine groups is 1. The van der Waals surface area contributed by atoms with E-state index in [9.17, 15) is 0 Å². The summed E-state index contributed by atoms with van der Waals surface area (Å²) < 4.78 is 1.05. The molecule has 0 atom stereocenters. The van der Waals surface area contributed by atoms with Crippen LogP contribution in [0, 0.1) is 0 Å². The number of nitrogens with one attached hydrogen (secondary N) is 1. The number of hydrogen-bond donors (Lipinski definition) is 2. The highest BCUT2D eigenvalue weighted by atomic mass is 127. The molecule has 0 saturated carbocycles. The molecular formula is C13H18BrClIN3. The Labute approximate surface area is 144 Å². The molecule has 0 saturated heterocycles. The van der Waals surface area contributed by atoms with Gasteiger partial charge in [-0.2, -0.15) is 0 Å². The smallest absolute Gasteiger partial charge is 0.188 e. The van der Waals surface area contributed by atoms with E-state index in [-0.39, 0.29) is 24.0 Å². The van der Waals surface area contributed by atoms with Crippen molar-refractivity contribution in [2.45, 2.75) is 13.3 Å². The number of nitrogens with two attached hydrogens (primary N) is 1. The lowest BCUT2D eigenvalue weighted by molar-refractivity contribution is 0.850. The van der Waals surface area contributed by atoms with E-state index >= 15 is 0 Å². The zero-order valence-electron chi connectivity index (χ0n) is 10.7. The maximum atomic E-state index is 5.94. The van der Waals surface area contributed by atoms with Crippen LogP contribution in [0.5, 0.6) is 0 Å². The number of aliphatic imine (C=N–C) groups is 1. The minimum absolute atomic E-state index is 0. The molecule has 0 aliphatic rings. The normalized spacial score (nSPS) is 10.8. The van der Waals surface area contributed by atoms with Crippen LogP contribution in [0.2, 0.25) is 5.02 Å². The van der Waals surface area contributed by atoms with Gasteiger partial charge in [-0.25, -0.2) is 4.99 Å². The third-order valence-corrected chi connectivity index (χ3v) is 3.24. The van der Waals surface area contributed by atoms with E-state index in [4.69, 9.17) is 17.3 Å². The van der Waals surface area contributed by atoms with Crippen LogP contribution in [0.3, 0.4) is 0 Å². The van der Waals surface area contributed by atoms with Crippen LogP contribution in [0.15, 0.2) is 39.8 Å². The maximum absolute atomic E-state index is 5.94. The molecule has 0 bridgehead atoms. The van der Waals surface area contributed by atoms with Gasteiger partial charge in [0.1, 0.15) is 0 Å². The van der Waals surface area contributed by atoms with E-state index in [1.54, 1.807) is 0 Å². The van der Waals surface area contributed by atoms with E-state index in [1.165, 1.54) is 0 Å². The summed E-state index contributed by atoms with van der Waals surface area (Å²) in [5.41, 5.74) is 7.84. The van der Waals surface area contributed by atoms with Crippen molar-refractivity contribution in [3.8, 4) is 0 Å². The van der Waals surface area contributed by atoms with E-state index in [1.807, 2.05) is 25.1 Å². The fraction of sp³-hybridized carbons (Fsp3) is 0.308.